The first-order chi connectivity index (χ1) is 11.5. The molecule has 1 N–H and O–H groups in total. The monoisotopic (exact) mass is 346 g/mol. The lowest BCUT2D eigenvalue weighted by Crippen LogP contribution is -2.14. The Kier molecular flexibility index (Phi) is 4.25. The molecular weight excluding hydrogens is 336 g/mol. The Bertz CT molecular complexity index is 886. The number of nitrogens with zero attached hydrogens (tertiary/aromatic N) is 5. The summed E-state index contributed by atoms with van der Waals surface area (Å²) in [4.78, 5) is 22.2. The maximum absolute atomic E-state index is 12.1. The number of aromatic nitrogens is 4. The van der Waals surface area contributed by atoms with Gasteiger partial charge in [-0.1, -0.05) is 11.6 Å². The maximum Gasteiger partial charge on any atom is 0.307 e. The Balaban J connectivity index is 1.66. The second-order valence-electron chi connectivity index (χ2n) is 4.84. The number of amides is 1. The molecule has 0 aliphatic carbocycles. The van der Waals surface area contributed by atoms with Gasteiger partial charge in [-0.2, -0.15) is 10.2 Å². The third-order valence-corrected chi connectivity index (χ3v) is 3.35. The second-order valence-corrected chi connectivity index (χ2v) is 5.27. The zero-order valence-electron chi connectivity index (χ0n) is 12.2. The number of hydrogen-bond donors (Lipinski definition) is 1. The van der Waals surface area contributed by atoms with Crippen molar-refractivity contribution in [1.29, 1.82) is 0 Å². The molecule has 3 rings (SSSR count). The zero-order chi connectivity index (χ0) is 17.1. The highest BCUT2D eigenvalue weighted by Gasteiger charge is 2.12. The molecule has 0 unspecified atom stereocenters. The van der Waals surface area contributed by atoms with Crippen molar-refractivity contribution in [2.24, 2.45) is 0 Å². The van der Waals surface area contributed by atoms with Crippen LogP contribution in [0.1, 0.15) is 10.5 Å². The lowest BCUT2D eigenvalue weighted by atomic mass is 10.3. The number of carbonyl (C=O) groups is 1. The van der Waals surface area contributed by atoms with Crippen molar-refractivity contribution in [3.05, 3.63) is 69.8 Å². The van der Waals surface area contributed by atoms with Crippen LogP contribution in [0.3, 0.4) is 0 Å². The van der Waals surface area contributed by atoms with Gasteiger partial charge in [-0.3, -0.25) is 19.6 Å². The molecule has 0 saturated heterocycles. The summed E-state index contributed by atoms with van der Waals surface area (Å²) in [7, 11) is 0. The smallest absolute Gasteiger partial charge is 0.307 e. The minimum absolute atomic E-state index is 0.108. The summed E-state index contributed by atoms with van der Waals surface area (Å²) < 4.78 is 2.81. The quantitative estimate of drug-likeness (QED) is 0.563. The van der Waals surface area contributed by atoms with Gasteiger partial charge in [0.15, 0.2) is 5.69 Å². The van der Waals surface area contributed by atoms with Crippen LogP contribution in [0, 0.1) is 10.1 Å². The van der Waals surface area contributed by atoms with E-state index in [2.05, 4.69) is 15.5 Å². The van der Waals surface area contributed by atoms with Gasteiger partial charge in [0.05, 0.1) is 4.92 Å². The number of nitrogens with one attached hydrogen (secondary N) is 1. The number of anilines is 1. The molecular formula is C14H11ClN6O3. The highest BCUT2D eigenvalue weighted by Crippen LogP contribution is 2.14. The largest absolute Gasteiger partial charge is 0.321 e. The molecule has 2 aromatic heterocycles. The Morgan fingerprint density at radius 1 is 1.25 bits per heavy atom. The second kappa shape index (κ2) is 6.50. The standard InChI is InChI=1S/C14H11ClN6O3/c15-10-1-3-11(4-2-10)17-14(22)13-5-6-19(18-13)9-20-8-12(7-16-20)21(23)24/h1-8H,9H2,(H,17,22). The van der Waals surface area contributed by atoms with Crippen molar-refractivity contribution in [2.45, 2.75) is 6.67 Å². The maximum atomic E-state index is 12.1. The van der Waals surface area contributed by atoms with Gasteiger partial charge >= 0.3 is 5.69 Å². The average molecular weight is 347 g/mol. The molecule has 1 amide bonds. The third kappa shape index (κ3) is 3.58. The van der Waals surface area contributed by atoms with E-state index in [0.717, 1.165) is 6.20 Å². The highest BCUT2D eigenvalue weighted by atomic mass is 35.5. The molecule has 0 atom stereocenters. The Labute approximate surface area is 140 Å². The first-order valence-corrected chi connectivity index (χ1v) is 7.16. The van der Waals surface area contributed by atoms with Crippen LogP contribution in [0.25, 0.3) is 0 Å². The van der Waals surface area contributed by atoms with Gasteiger partial charge in [0.25, 0.3) is 5.91 Å². The summed E-state index contributed by atoms with van der Waals surface area (Å²) in [5, 5.41) is 21.9. The lowest BCUT2D eigenvalue weighted by Gasteiger charge is -2.03. The van der Waals surface area contributed by atoms with E-state index in [1.807, 2.05) is 0 Å². The van der Waals surface area contributed by atoms with Gasteiger partial charge in [0, 0.05) is 16.9 Å². The number of halogens is 1. The van der Waals surface area contributed by atoms with Crippen molar-refractivity contribution in [3.63, 3.8) is 0 Å². The van der Waals surface area contributed by atoms with Crippen molar-refractivity contribution < 1.29 is 9.72 Å². The number of rotatable bonds is 5. The summed E-state index contributed by atoms with van der Waals surface area (Å²) in [5.74, 6) is -0.373. The molecule has 1 aromatic carbocycles. The molecule has 0 bridgehead atoms. The van der Waals surface area contributed by atoms with Crippen molar-refractivity contribution in [3.8, 4) is 0 Å². The molecule has 0 fully saturated rings. The Morgan fingerprint density at radius 3 is 2.67 bits per heavy atom. The fourth-order valence-electron chi connectivity index (χ4n) is 1.96. The summed E-state index contributed by atoms with van der Waals surface area (Å²) in [6, 6.07) is 8.24. The molecule has 24 heavy (non-hydrogen) atoms. The zero-order valence-corrected chi connectivity index (χ0v) is 12.9. The molecule has 0 aliphatic rings. The van der Waals surface area contributed by atoms with Crippen LogP contribution in [0.2, 0.25) is 5.02 Å². The number of hydrogen-bond acceptors (Lipinski definition) is 5. The van der Waals surface area contributed by atoms with Gasteiger partial charge < -0.3 is 5.32 Å². The number of carbonyl (C=O) groups excluding carboxylic acids is 1. The topological polar surface area (TPSA) is 108 Å². The first-order valence-electron chi connectivity index (χ1n) is 6.78. The van der Waals surface area contributed by atoms with E-state index >= 15 is 0 Å². The molecule has 0 radical (unpaired) electrons. The first kappa shape index (κ1) is 15.7. The van der Waals surface area contributed by atoms with E-state index in [1.54, 1.807) is 36.5 Å². The van der Waals surface area contributed by atoms with Gasteiger partial charge in [-0.25, -0.2) is 4.68 Å². The van der Waals surface area contributed by atoms with Gasteiger partial charge in [0.1, 0.15) is 19.1 Å². The summed E-state index contributed by atoms with van der Waals surface area (Å²) in [5.41, 5.74) is 0.705. The average Bonchev–Trinajstić information content (AvgIpc) is 3.19. The Hall–Kier alpha value is -3.20. The summed E-state index contributed by atoms with van der Waals surface area (Å²) >= 11 is 5.79. The van der Waals surface area contributed by atoms with Crippen molar-refractivity contribution in [1.82, 2.24) is 19.6 Å². The van der Waals surface area contributed by atoms with E-state index in [9.17, 15) is 14.9 Å². The lowest BCUT2D eigenvalue weighted by molar-refractivity contribution is -0.385. The van der Waals surface area contributed by atoms with Crippen LogP contribution in [0.4, 0.5) is 11.4 Å². The van der Waals surface area contributed by atoms with Crippen LogP contribution in [0.15, 0.2) is 48.9 Å². The third-order valence-electron chi connectivity index (χ3n) is 3.10. The van der Waals surface area contributed by atoms with Crippen LogP contribution >= 0.6 is 11.6 Å². The minimum Gasteiger partial charge on any atom is -0.321 e. The summed E-state index contributed by atoms with van der Waals surface area (Å²) in [6.07, 6.45) is 4.02. The van der Waals surface area contributed by atoms with E-state index in [-0.39, 0.29) is 24.0 Å². The van der Waals surface area contributed by atoms with Crippen molar-refractivity contribution >= 4 is 28.9 Å². The number of nitro groups is 1. The normalized spacial score (nSPS) is 10.5. The Morgan fingerprint density at radius 2 is 2.00 bits per heavy atom. The molecule has 122 valence electrons. The SMILES string of the molecule is O=C(Nc1ccc(Cl)cc1)c1ccn(Cn2cc([N+](=O)[O-])cn2)n1. The van der Waals surface area contributed by atoms with E-state index in [4.69, 9.17) is 11.6 Å². The van der Waals surface area contributed by atoms with Crippen LogP contribution in [-0.4, -0.2) is 30.4 Å². The molecule has 10 heteroatoms. The van der Waals surface area contributed by atoms with Crippen LogP contribution < -0.4 is 5.32 Å². The van der Waals surface area contributed by atoms with E-state index in [0.29, 0.717) is 10.7 Å². The highest BCUT2D eigenvalue weighted by molar-refractivity contribution is 6.30. The fourth-order valence-corrected chi connectivity index (χ4v) is 2.09. The van der Waals surface area contributed by atoms with Crippen LogP contribution in [0.5, 0.6) is 0 Å². The fraction of sp³-hybridized carbons (Fsp3) is 0.0714. The predicted molar refractivity (Wildman–Crippen MR) is 85.9 cm³/mol. The van der Waals surface area contributed by atoms with E-state index in [1.165, 1.54) is 15.6 Å². The summed E-state index contributed by atoms with van der Waals surface area (Å²) in [6.45, 7) is 0.155. The van der Waals surface area contributed by atoms with Crippen LogP contribution in [-0.2, 0) is 6.67 Å². The predicted octanol–water partition coefficient (Wildman–Crippen LogP) is 2.40. The van der Waals surface area contributed by atoms with Gasteiger partial charge in [0.2, 0.25) is 0 Å². The molecule has 0 spiro atoms. The number of benzene rings is 1. The molecule has 0 aliphatic heterocycles. The molecule has 9 nitrogen and oxygen atoms in total. The van der Waals surface area contributed by atoms with Gasteiger partial charge in [-0.15, -0.1) is 0 Å². The van der Waals surface area contributed by atoms with E-state index < -0.39 is 4.92 Å². The minimum atomic E-state index is -0.530. The molecule has 2 heterocycles. The molecule has 3 aromatic rings. The van der Waals surface area contributed by atoms with Gasteiger partial charge in [-0.05, 0) is 30.3 Å². The molecule has 0 saturated carbocycles. The van der Waals surface area contributed by atoms with Crippen molar-refractivity contribution in [2.75, 3.05) is 5.32 Å².